The lowest BCUT2D eigenvalue weighted by atomic mass is 10.0. The number of hydrogen-bond acceptors (Lipinski definition) is 4. The number of aryl methyl sites for hydroxylation is 1. The van der Waals surface area contributed by atoms with Crippen LogP contribution in [0.4, 0.5) is 0 Å². The number of nitrogens with zero attached hydrogens (tertiary/aromatic N) is 3. The van der Waals surface area contributed by atoms with Crippen LogP contribution in [-0.2, 0) is 21.4 Å². The summed E-state index contributed by atoms with van der Waals surface area (Å²) in [6, 6.07) is 10.6. The number of rotatable bonds is 7. The van der Waals surface area contributed by atoms with Crippen LogP contribution in [-0.4, -0.2) is 47.7 Å². The Morgan fingerprint density at radius 3 is 2.40 bits per heavy atom. The molecule has 1 aliphatic rings. The molecule has 1 atom stereocenters. The minimum atomic E-state index is -3.70. The topological polar surface area (TPSA) is 79.7 Å². The second-order valence-corrected chi connectivity index (χ2v) is 9.51. The molecule has 0 saturated carbocycles. The normalized spacial score (nSPS) is 16.9. The van der Waals surface area contributed by atoms with E-state index in [1.54, 1.807) is 18.7 Å². The maximum atomic E-state index is 13.0. The van der Waals surface area contributed by atoms with Crippen LogP contribution in [0, 0.1) is 6.92 Å². The number of hydrogen-bond donors (Lipinski definition) is 0. The largest absolute Gasteiger partial charge is 0.334 e. The van der Waals surface area contributed by atoms with Crippen molar-refractivity contribution in [3.05, 3.63) is 64.1 Å². The Hall–Kier alpha value is -2.45. The fourth-order valence-electron chi connectivity index (χ4n) is 3.94. The number of aromatic nitrogens is 1. The van der Waals surface area contributed by atoms with Gasteiger partial charge in [-0.05, 0) is 31.4 Å². The Labute approximate surface area is 178 Å². The van der Waals surface area contributed by atoms with E-state index in [1.165, 1.54) is 27.2 Å². The van der Waals surface area contributed by atoms with Crippen LogP contribution in [0.1, 0.15) is 43.9 Å². The van der Waals surface area contributed by atoms with Crippen LogP contribution in [0.15, 0.2) is 52.3 Å². The summed E-state index contributed by atoms with van der Waals surface area (Å²) in [4.78, 5) is 27.2. The standard InChI is InChI=1S/C22H29N3O4S/c1-4-24(5-2)30(28,29)19-12-13-21(26)23(15-19)16-22(27)25-14-6-7-20(25)18-10-8-17(3)9-11-18/h8-13,15,20H,4-7,14,16H2,1-3H3. The van der Waals surface area contributed by atoms with Gasteiger partial charge in [-0.1, -0.05) is 43.7 Å². The zero-order valence-corrected chi connectivity index (χ0v) is 18.6. The Morgan fingerprint density at radius 1 is 1.10 bits per heavy atom. The summed E-state index contributed by atoms with van der Waals surface area (Å²) in [5.74, 6) is -0.183. The van der Waals surface area contributed by atoms with Gasteiger partial charge in [-0.3, -0.25) is 9.59 Å². The van der Waals surface area contributed by atoms with E-state index >= 15 is 0 Å². The van der Waals surface area contributed by atoms with E-state index in [9.17, 15) is 18.0 Å². The van der Waals surface area contributed by atoms with Crippen molar-refractivity contribution in [3.8, 4) is 0 Å². The first-order valence-electron chi connectivity index (χ1n) is 10.3. The molecule has 1 saturated heterocycles. The maximum absolute atomic E-state index is 13.0. The summed E-state index contributed by atoms with van der Waals surface area (Å²) in [7, 11) is -3.70. The first kappa shape index (κ1) is 22.2. The highest BCUT2D eigenvalue weighted by Gasteiger charge is 2.30. The molecule has 0 aliphatic carbocycles. The van der Waals surface area contributed by atoms with E-state index in [0.717, 1.165) is 24.0 Å². The summed E-state index contributed by atoms with van der Waals surface area (Å²) in [6.45, 7) is 6.67. The SMILES string of the molecule is CCN(CC)S(=O)(=O)c1ccc(=O)n(CC(=O)N2CCCC2c2ccc(C)cc2)c1. The Bertz CT molecular complexity index is 1060. The molecule has 2 aromatic rings. The quantitative estimate of drug-likeness (QED) is 0.675. The van der Waals surface area contributed by atoms with Crippen molar-refractivity contribution in [2.75, 3.05) is 19.6 Å². The number of carbonyl (C=O) groups is 1. The van der Waals surface area contributed by atoms with E-state index in [0.29, 0.717) is 19.6 Å². The average Bonchev–Trinajstić information content (AvgIpc) is 3.21. The Morgan fingerprint density at radius 2 is 1.77 bits per heavy atom. The molecule has 1 aromatic heterocycles. The van der Waals surface area contributed by atoms with Crippen molar-refractivity contribution in [1.29, 1.82) is 0 Å². The molecule has 0 bridgehead atoms. The fourth-order valence-corrected chi connectivity index (χ4v) is 5.41. The monoisotopic (exact) mass is 431 g/mol. The number of amides is 1. The van der Waals surface area contributed by atoms with Gasteiger partial charge in [-0.2, -0.15) is 4.31 Å². The fraction of sp³-hybridized carbons (Fsp3) is 0.455. The number of carbonyl (C=O) groups excluding carboxylic acids is 1. The van der Waals surface area contributed by atoms with Gasteiger partial charge in [0.2, 0.25) is 15.9 Å². The van der Waals surface area contributed by atoms with Crippen molar-refractivity contribution in [3.63, 3.8) is 0 Å². The molecule has 1 amide bonds. The van der Waals surface area contributed by atoms with E-state index < -0.39 is 15.6 Å². The molecule has 0 N–H and O–H groups in total. The predicted molar refractivity (Wildman–Crippen MR) is 116 cm³/mol. The van der Waals surface area contributed by atoms with Gasteiger partial charge in [0.25, 0.3) is 5.56 Å². The molecule has 30 heavy (non-hydrogen) atoms. The third-order valence-electron chi connectivity index (χ3n) is 5.64. The average molecular weight is 432 g/mol. The summed E-state index contributed by atoms with van der Waals surface area (Å²) >= 11 is 0. The van der Waals surface area contributed by atoms with Crippen LogP contribution in [0.5, 0.6) is 0 Å². The smallest absolute Gasteiger partial charge is 0.251 e. The lowest BCUT2D eigenvalue weighted by Gasteiger charge is -2.26. The second-order valence-electron chi connectivity index (χ2n) is 7.58. The van der Waals surface area contributed by atoms with Gasteiger partial charge in [0.05, 0.1) is 10.9 Å². The van der Waals surface area contributed by atoms with E-state index in [4.69, 9.17) is 0 Å². The molecule has 1 unspecified atom stereocenters. The van der Waals surface area contributed by atoms with Crippen molar-refractivity contribution >= 4 is 15.9 Å². The highest BCUT2D eigenvalue weighted by molar-refractivity contribution is 7.89. The van der Waals surface area contributed by atoms with Crippen LogP contribution < -0.4 is 5.56 Å². The number of pyridine rings is 1. The zero-order valence-electron chi connectivity index (χ0n) is 17.7. The van der Waals surface area contributed by atoms with Crippen molar-refractivity contribution in [2.24, 2.45) is 0 Å². The molecular weight excluding hydrogens is 402 g/mol. The molecule has 1 aromatic carbocycles. The van der Waals surface area contributed by atoms with Gasteiger partial charge >= 0.3 is 0 Å². The molecule has 0 spiro atoms. The predicted octanol–water partition coefficient (Wildman–Crippen LogP) is 2.55. The minimum absolute atomic E-state index is 0.0172. The molecule has 0 radical (unpaired) electrons. The summed E-state index contributed by atoms with van der Waals surface area (Å²) in [6.07, 6.45) is 3.06. The molecule has 7 nitrogen and oxygen atoms in total. The van der Waals surface area contributed by atoms with Crippen LogP contribution in [0.25, 0.3) is 0 Å². The third-order valence-corrected chi connectivity index (χ3v) is 7.67. The van der Waals surface area contributed by atoms with E-state index in [2.05, 4.69) is 0 Å². The van der Waals surface area contributed by atoms with Crippen molar-refractivity contribution in [1.82, 2.24) is 13.8 Å². The minimum Gasteiger partial charge on any atom is -0.334 e. The van der Waals surface area contributed by atoms with Crippen LogP contribution in [0.2, 0.25) is 0 Å². The van der Waals surface area contributed by atoms with E-state index in [-0.39, 0.29) is 23.4 Å². The molecule has 1 fully saturated rings. The van der Waals surface area contributed by atoms with E-state index in [1.807, 2.05) is 31.2 Å². The van der Waals surface area contributed by atoms with Crippen LogP contribution >= 0.6 is 0 Å². The summed E-state index contributed by atoms with van der Waals surface area (Å²) in [5.41, 5.74) is 1.84. The highest BCUT2D eigenvalue weighted by Crippen LogP contribution is 2.32. The first-order chi connectivity index (χ1) is 14.3. The molecule has 3 rings (SSSR count). The lowest BCUT2D eigenvalue weighted by molar-refractivity contribution is -0.132. The van der Waals surface area contributed by atoms with Crippen molar-refractivity contribution in [2.45, 2.75) is 51.1 Å². The third kappa shape index (κ3) is 4.49. The summed E-state index contributed by atoms with van der Waals surface area (Å²) < 4.78 is 28.1. The molecule has 162 valence electrons. The van der Waals surface area contributed by atoms with Crippen LogP contribution in [0.3, 0.4) is 0 Å². The second kappa shape index (κ2) is 9.14. The molecular formula is C22H29N3O4S. The van der Waals surface area contributed by atoms with Gasteiger partial charge in [0.1, 0.15) is 6.54 Å². The first-order valence-corrected chi connectivity index (χ1v) is 11.8. The molecule has 8 heteroatoms. The van der Waals surface area contributed by atoms with Gasteiger partial charge in [-0.15, -0.1) is 0 Å². The number of likely N-dealkylation sites (tertiary alicyclic amines) is 1. The highest BCUT2D eigenvalue weighted by atomic mass is 32.2. The van der Waals surface area contributed by atoms with Gasteiger partial charge < -0.3 is 9.47 Å². The Kier molecular flexibility index (Phi) is 6.77. The number of sulfonamides is 1. The Balaban J connectivity index is 1.84. The van der Waals surface area contributed by atoms with Gasteiger partial charge in [0.15, 0.2) is 0 Å². The molecule has 2 heterocycles. The van der Waals surface area contributed by atoms with Crippen molar-refractivity contribution < 1.29 is 13.2 Å². The zero-order chi connectivity index (χ0) is 21.9. The maximum Gasteiger partial charge on any atom is 0.251 e. The summed E-state index contributed by atoms with van der Waals surface area (Å²) in [5, 5.41) is 0. The number of benzene rings is 1. The molecule has 1 aliphatic heterocycles. The van der Waals surface area contributed by atoms with Gasteiger partial charge in [0, 0.05) is 31.9 Å². The van der Waals surface area contributed by atoms with Gasteiger partial charge in [-0.25, -0.2) is 8.42 Å². The lowest BCUT2D eigenvalue weighted by Crippen LogP contribution is -2.36.